The lowest BCUT2D eigenvalue weighted by Crippen LogP contribution is -2.48. The molecule has 0 bridgehead atoms. The molecule has 3 heterocycles. The summed E-state index contributed by atoms with van der Waals surface area (Å²) in [5, 5.41) is 8.07. The summed E-state index contributed by atoms with van der Waals surface area (Å²) in [5.74, 6) is -1.29. The molecule has 1 aromatic carbocycles. The number of carbonyl (C=O) groups is 1. The highest BCUT2D eigenvalue weighted by Crippen LogP contribution is 2.41. The van der Waals surface area contributed by atoms with Gasteiger partial charge in [-0.15, -0.1) is 5.10 Å². The average Bonchev–Trinajstić information content (AvgIpc) is 3.44. The Kier molecular flexibility index (Phi) is 7.74. The van der Waals surface area contributed by atoms with Gasteiger partial charge >= 0.3 is 5.97 Å². The molecule has 1 aromatic heterocycles. The fraction of sp³-hybridized carbons (Fsp3) is 0.625. The first kappa shape index (κ1) is 25.9. The third kappa shape index (κ3) is 6.54. The van der Waals surface area contributed by atoms with Gasteiger partial charge in [0.15, 0.2) is 26.1 Å². The minimum Gasteiger partial charge on any atom is -0.461 e. The van der Waals surface area contributed by atoms with E-state index in [9.17, 15) is 4.79 Å². The van der Waals surface area contributed by atoms with Crippen LogP contribution in [0.5, 0.6) is 0 Å². The van der Waals surface area contributed by atoms with Crippen LogP contribution in [0.15, 0.2) is 36.5 Å². The Morgan fingerprint density at radius 1 is 1.20 bits per heavy atom. The Morgan fingerprint density at radius 3 is 2.63 bits per heavy atom. The van der Waals surface area contributed by atoms with Crippen molar-refractivity contribution < 1.29 is 32.9 Å². The first-order valence-corrected chi connectivity index (χ1v) is 15.4. The van der Waals surface area contributed by atoms with Crippen molar-refractivity contribution in [2.45, 2.75) is 90.1 Å². The third-order valence-corrected chi connectivity index (χ3v) is 6.58. The van der Waals surface area contributed by atoms with Crippen LogP contribution in [0.1, 0.15) is 36.8 Å². The molecular weight excluding hydrogens is 470 g/mol. The predicted molar refractivity (Wildman–Crippen MR) is 128 cm³/mol. The van der Waals surface area contributed by atoms with Gasteiger partial charge in [0.05, 0.1) is 32.1 Å². The van der Waals surface area contributed by atoms with Gasteiger partial charge in [-0.05, 0) is 46.0 Å². The van der Waals surface area contributed by atoms with Crippen LogP contribution in [-0.4, -0.2) is 72.4 Å². The monoisotopic (exact) mass is 505 g/mol. The number of carbonyl (C=O) groups excluding carboxylic acids is 1. The molecule has 35 heavy (non-hydrogen) atoms. The maximum atomic E-state index is 12.1. The molecule has 0 N–H and O–H groups in total. The number of aromatic nitrogens is 3. The summed E-state index contributed by atoms with van der Waals surface area (Å²) in [4.78, 5) is 12.1. The second-order valence-corrected chi connectivity index (χ2v) is 14.6. The highest BCUT2D eigenvalue weighted by atomic mass is 28.4. The highest BCUT2D eigenvalue weighted by molar-refractivity contribution is 6.69. The van der Waals surface area contributed by atoms with E-state index in [1.807, 2.05) is 44.2 Å². The molecule has 2 aliphatic heterocycles. The first-order valence-electron chi connectivity index (χ1n) is 12.0. The Bertz CT molecular complexity index is 995. The van der Waals surface area contributed by atoms with Gasteiger partial charge in [0.25, 0.3) is 0 Å². The number of ether oxygens (including phenoxy) is 5. The lowest BCUT2D eigenvalue weighted by atomic mass is 10.1. The van der Waals surface area contributed by atoms with Crippen LogP contribution in [0.2, 0.25) is 19.6 Å². The van der Waals surface area contributed by atoms with Gasteiger partial charge in [-0.2, -0.15) is 0 Å². The molecule has 0 saturated carbocycles. The second kappa shape index (κ2) is 10.5. The fourth-order valence-electron chi connectivity index (χ4n) is 4.29. The predicted octanol–water partition coefficient (Wildman–Crippen LogP) is 3.14. The minimum absolute atomic E-state index is 0.146. The molecule has 0 aliphatic carbocycles. The molecule has 0 unspecified atom stereocenters. The van der Waals surface area contributed by atoms with Crippen molar-refractivity contribution in [3.05, 3.63) is 47.8 Å². The van der Waals surface area contributed by atoms with Gasteiger partial charge in [0.2, 0.25) is 0 Å². The zero-order valence-electron chi connectivity index (χ0n) is 21.2. The Hall–Kier alpha value is -2.15. The summed E-state index contributed by atoms with van der Waals surface area (Å²) in [6, 6.07) is 9.95. The van der Waals surface area contributed by atoms with Gasteiger partial charge in [-0.25, -0.2) is 9.48 Å². The molecule has 2 saturated heterocycles. The minimum atomic E-state index is -2.02. The Labute approximate surface area is 206 Å². The van der Waals surface area contributed by atoms with E-state index in [0.29, 0.717) is 13.2 Å². The maximum Gasteiger partial charge on any atom is 0.360 e. The molecule has 2 aromatic rings. The second-order valence-electron chi connectivity index (χ2n) is 10.1. The number of hydrogen-bond donors (Lipinski definition) is 0. The van der Waals surface area contributed by atoms with Crippen LogP contribution >= 0.6 is 0 Å². The molecule has 0 radical (unpaired) electrons. The molecule has 5 atom stereocenters. The molecule has 0 spiro atoms. The van der Waals surface area contributed by atoms with Crippen LogP contribution in [-0.2, 0) is 41.3 Å². The number of rotatable bonds is 10. The number of hydrogen-bond acceptors (Lipinski definition) is 9. The summed E-state index contributed by atoms with van der Waals surface area (Å²) in [6.07, 6.45) is -0.764. The van der Waals surface area contributed by atoms with Crippen LogP contribution in [0, 0.1) is 0 Å². The van der Waals surface area contributed by atoms with E-state index in [4.69, 9.17) is 28.1 Å². The summed E-state index contributed by atoms with van der Waals surface area (Å²) in [7, 11) is -2.02. The molecular formula is C24H35N3O7Si. The van der Waals surface area contributed by atoms with Crippen molar-refractivity contribution in [1.29, 1.82) is 0 Å². The van der Waals surface area contributed by atoms with E-state index >= 15 is 0 Å². The standard InChI is InChI=1S/C24H35N3O7Si/c1-7-29-22(28)17-13-27(26-25-17)14-18(34-35(4,5)6)19-20(30-15-16-11-9-8-10-12-16)21-23(31-19)33-24(2,3)32-21/h8-13,18-21,23H,7,14-15H2,1-6H3/t18-,19-,20+,21-,23-/m1/s1. The zero-order valence-corrected chi connectivity index (χ0v) is 22.2. The van der Waals surface area contributed by atoms with Gasteiger partial charge in [0.1, 0.15) is 18.3 Å². The highest BCUT2D eigenvalue weighted by Gasteiger charge is 2.57. The van der Waals surface area contributed by atoms with E-state index in [0.717, 1.165) is 5.56 Å². The molecule has 4 rings (SSSR count). The van der Waals surface area contributed by atoms with E-state index in [-0.39, 0.29) is 12.3 Å². The molecule has 192 valence electrons. The topological polar surface area (TPSA) is 103 Å². The van der Waals surface area contributed by atoms with Crippen molar-refractivity contribution in [1.82, 2.24) is 15.0 Å². The van der Waals surface area contributed by atoms with E-state index in [2.05, 4.69) is 30.0 Å². The lowest BCUT2D eigenvalue weighted by Gasteiger charge is -2.34. The summed E-state index contributed by atoms with van der Waals surface area (Å²) in [6.45, 7) is 12.8. The molecule has 11 heteroatoms. The maximum absolute atomic E-state index is 12.1. The average molecular weight is 506 g/mol. The van der Waals surface area contributed by atoms with Crippen LogP contribution in [0.3, 0.4) is 0 Å². The Balaban J connectivity index is 1.57. The van der Waals surface area contributed by atoms with Crippen LogP contribution in [0.4, 0.5) is 0 Å². The van der Waals surface area contributed by atoms with Gasteiger partial charge in [0, 0.05) is 0 Å². The van der Waals surface area contributed by atoms with Gasteiger partial charge < -0.3 is 28.1 Å². The molecule has 10 nitrogen and oxygen atoms in total. The van der Waals surface area contributed by atoms with Crippen molar-refractivity contribution in [2.75, 3.05) is 6.61 Å². The fourth-order valence-corrected chi connectivity index (χ4v) is 5.41. The lowest BCUT2D eigenvalue weighted by molar-refractivity contribution is -0.230. The number of fused-ring (bicyclic) bond motifs is 1. The van der Waals surface area contributed by atoms with Gasteiger partial charge in [-0.3, -0.25) is 0 Å². The molecule has 0 amide bonds. The quantitative estimate of drug-likeness (QED) is 0.356. The van der Waals surface area contributed by atoms with Crippen molar-refractivity contribution in [2.24, 2.45) is 0 Å². The Morgan fingerprint density at radius 2 is 1.94 bits per heavy atom. The smallest absolute Gasteiger partial charge is 0.360 e. The number of esters is 1. The van der Waals surface area contributed by atoms with E-state index < -0.39 is 50.8 Å². The number of benzene rings is 1. The van der Waals surface area contributed by atoms with Gasteiger partial charge in [-0.1, -0.05) is 35.5 Å². The first-order chi connectivity index (χ1) is 16.5. The van der Waals surface area contributed by atoms with Crippen molar-refractivity contribution in [3.8, 4) is 0 Å². The molecule has 2 aliphatic rings. The SMILES string of the molecule is CCOC(=O)c1cn(C[C@@H](O[Si](C)(C)C)[C@H]2O[C@@H]3OC(C)(C)O[C@@H]3[C@H]2OCc2ccccc2)nn1. The van der Waals surface area contributed by atoms with Crippen LogP contribution in [0.25, 0.3) is 0 Å². The third-order valence-electron chi connectivity index (χ3n) is 5.57. The largest absolute Gasteiger partial charge is 0.461 e. The normalized spacial score (nSPS) is 26.5. The van der Waals surface area contributed by atoms with E-state index in [1.165, 1.54) is 0 Å². The van der Waals surface area contributed by atoms with E-state index in [1.54, 1.807) is 17.8 Å². The summed E-state index contributed by atoms with van der Waals surface area (Å²) in [5.41, 5.74) is 1.19. The number of nitrogens with zero attached hydrogens (tertiary/aromatic N) is 3. The zero-order chi connectivity index (χ0) is 25.2. The molecule has 2 fully saturated rings. The summed E-state index contributed by atoms with van der Waals surface area (Å²) < 4.78 is 38.1. The van der Waals surface area contributed by atoms with Crippen molar-refractivity contribution in [3.63, 3.8) is 0 Å². The van der Waals surface area contributed by atoms with Crippen LogP contribution < -0.4 is 0 Å². The van der Waals surface area contributed by atoms with Crippen molar-refractivity contribution >= 4 is 14.3 Å². The summed E-state index contributed by atoms with van der Waals surface area (Å²) >= 11 is 0.